The Hall–Kier alpha value is -1.40. The van der Waals surface area contributed by atoms with Gasteiger partial charge >= 0.3 is 0 Å². The Bertz CT molecular complexity index is 557. The molecule has 0 atom stereocenters. The quantitative estimate of drug-likeness (QED) is 0.875. The fraction of sp³-hybridized carbons (Fsp3) is 0.167. The van der Waals surface area contributed by atoms with Crippen LogP contribution in [-0.4, -0.2) is 16.6 Å². The van der Waals surface area contributed by atoms with Crippen LogP contribution in [0.25, 0.3) is 0 Å². The number of anilines is 1. The van der Waals surface area contributed by atoms with E-state index in [0.29, 0.717) is 0 Å². The number of hydrogen-bond acceptors (Lipinski definition) is 4. The van der Waals surface area contributed by atoms with Crippen LogP contribution in [0.3, 0.4) is 0 Å². The highest BCUT2D eigenvalue weighted by molar-refractivity contribution is 8.01. The van der Waals surface area contributed by atoms with Crippen LogP contribution in [0.2, 0.25) is 0 Å². The largest absolute Gasteiger partial charge is 0.323 e. The average molecular weight is 282 g/mol. The van der Waals surface area contributed by atoms with Crippen molar-refractivity contribution in [2.75, 3.05) is 11.1 Å². The molecule has 1 aromatic carbocycles. The molecule has 1 aromatic heterocycles. The van der Waals surface area contributed by atoms with Crippen molar-refractivity contribution in [1.82, 2.24) is 4.98 Å². The van der Waals surface area contributed by atoms with Crippen molar-refractivity contribution < 1.29 is 9.18 Å². The zero-order chi connectivity index (χ0) is 13.0. The number of carbonyl (C=O) groups excluding carboxylic acids is 1. The average Bonchev–Trinajstić information content (AvgIpc) is 2.76. The predicted molar refractivity (Wildman–Crippen MR) is 72.6 cm³/mol. The number of nitrogens with zero attached hydrogens (tertiary/aromatic N) is 1. The first-order chi connectivity index (χ1) is 8.65. The van der Waals surface area contributed by atoms with Gasteiger partial charge in [0.2, 0.25) is 5.91 Å². The van der Waals surface area contributed by atoms with Crippen molar-refractivity contribution in [2.24, 2.45) is 0 Å². The second-order valence-corrected chi connectivity index (χ2v) is 5.65. The molecule has 1 N–H and O–H groups in total. The van der Waals surface area contributed by atoms with E-state index in [0.717, 1.165) is 10.0 Å². The van der Waals surface area contributed by atoms with Gasteiger partial charge in [-0.3, -0.25) is 4.79 Å². The van der Waals surface area contributed by atoms with E-state index in [1.165, 1.54) is 35.2 Å². The van der Waals surface area contributed by atoms with Crippen molar-refractivity contribution in [3.63, 3.8) is 0 Å². The minimum absolute atomic E-state index is 0.207. The Morgan fingerprint density at radius 1 is 1.50 bits per heavy atom. The van der Waals surface area contributed by atoms with Crippen molar-refractivity contribution in [2.45, 2.75) is 11.3 Å². The Kier molecular flexibility index (Phi) is 4.33. The fourth-order valence-electron chi connectivity index (χ4n) is 1.27. The number of amides is 1. The molecule has 0 spiro atoms. The molecule has 0 fully saturated rings. The van der Waals surface area contributed by atoms with Gasteiger partial charge < -0.3 is 5.32 Å². The summed E-state index contributed by atoms with van der Waals surface area (Å²) in [6, 6.07) is 6.10. The topological polar surface area (TPSA) is 42.0 Å². The van der Waals surface area contributed by atoms with E-state index in [9.17, 15) is 9.18 Å². The molecular formula is C12H11FN2OS2. The number of aryl methyl sites for hydroxylation is 1. The van der Waals surface area contributed by atoms with Crippen molar-refractivity contribution in [3.8, 4) is 0 Å². The third-order valence-corrected chi connectivity index (χ3v) is 4.21. The van der Waals surface area contributed by atoms with Gasteiger partial charge in [0, 0.05) is 11.1 Å². The number of aromatic nitrogens is 1. The Morgan fingerprint density at radius 3 is 2.94 bits per heavy atom. The molecule has 0 bridgehead atoms. The predicted octanol–water partition coefficient (Wildman–Crippen LogP) is 3.32. The van der Waals surface area contributed by atoms with Gasteiger partial charge in [-0.1, -0.05) is 23.9 Å². The highest BCUT2D eigenvalue weighted by atomic mass is 32.2. The molecule has 94 valence electrons. The van der Waals surface area contributed by atoms with Gasteiger partial charge in [-0.15, -0.1) is 11.3 Å². The first-order valence-corrected chi connectivity index (χ1v) is 7.11. The van der Waals surface area contributed by atoms with Crippen molar-refractivity contribution in [1.29, 1.82) is 0 Å². The molecule has 3 nitrogen and oxygen atoms in total. The van der Waals surface area contributed by atoms with E-state index in [-0.39, 0.29) is 17.3 Å². The number of para-hydroxylation sites is 1. The number of thioether (sulfide) groups is 1. The second kappa shape index (κ2) is 5.97. The molecule has 0 unspecified atom stereocenters. The Morgan fingerprint density at radius 2 is 2.28 bits per heavy atom. The maximum Gasteiger partial charge on any atom is 0.234 e. The number of hydrogen-bond donors (Lipinski definition) is 1. The third kappa shape index (κ3) is 3.54. The van der Waals surface area contributed by atoms with Crippen molar-refractivity contribution >= 4 is 34.7 Å². The standard InChI is InChI=1S/C12H11FN2OS2/c1-8-6-17-12(14-8)18-7-11(16)15-10-5-3-2-4-9(10)13/h2-6H,7H2,1H3,(H,15,16). The van der Waals surface area contributed by atoms with E-state index < -0.39 is 5.82 Å². The SMILES string of the molecule is Cc1csc(SCC(=O)Nc2ccccc2F)n1. The molecule has 0 aliphatic rings. The molecule has 0 aliphatic heterocycles. The molecule has 0 aliphatic carbocycles. The second-order valence-electron chi connectivity index (χ2n) is 3.57. The highest BCUT2D eigenvalue weighted by Gasteiger charge is 2.08. The van der Waals surface area contributed by atoms with E-state index >= 15 is 0 Å². The number of benzene rings is 1. The first kappa shape index (κ1) is 13.0. The number of halogens is 1. The number of thiazole rings is 1. The summed E-state index contributed by atoms with van der Waals surface area (Å²) < 4.78 is 14.1. The lowest BCUT2D eigenvalue weighted by Crippen LogP contribution is -2.14. The Balaban J connectivity index is 1.88. The van der Waals surface area contributed by atoms with Crippen LogP contribution in [0.4, 0.5) is 10.1 Å². The monoisotopic (exact) mass is 282 g/mol. The third-order valence-electron chi connectivity index (χ3n) is 2.07. The van der Waals surface area contributed by atoms with E-state index in [1.807, 2.05) is 12.3 Å². The molecule has 2 rings (SSSR count). The summed E-state index contributed by atoms with van der Waals surface area (Å²) in [5.74, 6) is -0.444. The molecule has 1 amide bonds. The zero-order valence-corrected chi connectivity index (χ0v) is 11.3. The van der Waals surface area contributed by atoms with E-state index in [1.54, 1.807) is 12.1 Å². The summed E-state index contributed by atoms with van der Waals surface area (Å²) in [7, 11) is 0. The summed E-state index contributed by atoms with van der Waals surface area (Å²) in [5.41, 5.74) is 1.15. The van der Waals surface area contributed by atoms with Crippen LogP contribution < -0.4 is 5.32 Å². The summed E-state index contributed by atoms with van der Waals surface area (Å²) in [5, 5.41) is 4.46. The van der Waals surface area contributed by atoms with E-state index in [4.69, 9.17) is 0 Å². The molecule has 6 heteroatoms. The van der Waals surface area contributed by atoms with Crippen LogP contribution >= 0.6 is 23.1 Å². The molecule has 0 saturated heterocycles. The van der Waals surface area contributed by atoms with Gasteiger partial charge in [-0.25, -0.2) is 9.37 Å². The van der Waals surface area contributed by atoms with Gasteiger partial charge in [-0.2, -0.15) is 0 Å². The van der Waals surface area contributed by atoms with Crippen LogP contribution in [0.15, 0.2) is 34.0 Å². The number of nitrogens with one attached hydrogen (secondary N) is 1. The molecule has 2 aromatic rings. The van der Waals surface area contributed by atoms with Crippen LogP contribution in [-0.2, 0) is 4.79 Å². The number of carbonyl (C=O) groups is 1. The van der Waals surface area contributed by atoms with Crippen LogP contribution in [0.1, 0.15) is 5.69 Å². The maximum atomic E-state index is 13.3. The highest BCUT2D eigenvalue weighted by Crippen LogP contribution is 2.22. The summed E-state index contributed by atoms with van der Waals surface area (Å²) >= 11 is 2.85. The minimum Gasteiger partial charge on any atom is -0.323 e. The molecule has 18 heavy (non-hydrogen) atoms. The Labute approximate surface area is 112 Å². The zero-order valence-electron chi connectivity index (χ0n) is 9.64. The summed E-state index contributed by atoms with van der Waals surface area (Å²) in [6.45, 7) is 1.90. The first-order valence-electron chi connectivity index (χ1n) is 5.24. The lowest BCUT2D eigenvalue weighted by molar-refractivity contribution is -0.113. The smallest absolute Gasteiger partial charge is 0.234 e. The normalized spacial score (nSPS) is 10.3. The molecule has 0 saturated carbocycles. The summed E-state index contributed by atoms with van der Waals surface area (Å²) in [6.07, 6.45) is 0. The van der Waals surface area contributed by atoms with Gasteiger partial charge in [0.15, 0.2) is 4.34 Å². The van der Waals surface area contributed by atoms with Crippen molar-refractivity contribution in [3.05, 3.63) is 41.2 Å². The molecule has 1 heterocycles. The number of rotatable bonds is 4. The fourth-order valence-corrected chi connectivity index (χ4v) is 2.92. The lowest BCUT2D eigenvalue weighted by Gasteiger charge is -2.04. The van der Waals surface area contributed by atoms with Crippen LogP contribution in [0.5, 0.6) is 0 Å². The van der Waals surface area contributed by atoms with Gasteiger partial charge in [0.1, 0.15) is 5.82 Å². The molecular weight excluding hydrogens is 271 g/mol. The van der Waals surface area contributed by atoms with Gasteiger partial charge in [0.05, 0.1) is 11.4 Å². The maximum absolute atomic E-state index is 13.3. The van der Waals surface area contributed by atoms with E-state index in [2.05, 4.69) is 10.3 Å². The summed E-state index contributed by atoms with van der Waals surface area (Å²) in [4.78, 5) is 15.9. The van der Waals surface area contributed by atoms with Crippen LogP contribution in [0, 0.1) is 12.7 Å². The lowest BCUT2D eigenvalue weighted by atomic mass is 10.3. The van der Waals surface area contributed by atoms with Gasteiger partial charge in [-0.05, 0) is 19.1 Å². The molecule has 0 radical (unpaired) electrons. The minimum atomic E-state index is -0.430. The van der Waals surface area contributed by atoms with Gasteiger partial charge in [0.25, 0.3) is 0 Å².